The van der Waals surface area contributed by atoms with E-state index in [0.29, 0.717) is 31.1 Å². The van der Waals surface area contributed by atoms with Crippen molar-refractivity contribution in [1.82, 2.24) is 4.72 Å². The molecule has 0 saturated carbocycles. The highest BCUT2D eigenvalue weighted by Gasteiger charge is 2.23. The van der Waals surface area contributed by atoms with Crippen LogP contribution in [-0.2, 0) is 10.0 Å². The van der Waals surface area contributed by atoms with Crippen molar-refractivity contribution in [3.63, 3.8) is 0 Å². The van der Waals surface area contributed by atoms with Crippen molar-refractivity contribution < 1.29 is 17.9 Å². The molecule has 0 saturated heterocycles. The maximum atomic E-state index is 12.3. The van der Waals surface area contributed by atoms with Crippen LogP contribution in [0, 0.1) is 0 Å². The number of rotatable bonds is 5. The number of thiocarbonyl (C=S) groups is 1. The lowest BCUT2D eigenvalue weighted by molar-refractivity contribution is 0.171. The minimum absolute atomic E-state index is 0.0939. The summed E-state index contributed by atoms with van der Waals surface area (Å²) in [6.07, 6.45) is 0.485. The molecule has 0 aromatic heterocycles. The van der Waals surface area contributed by atoms with Crippen molar-refractivity contribution in [2.75, 3.05) is 13.2 Å². The van der Waals surface area contributed by atoms with Gasteiger partial charge in [-0.25, -0.2) is 13.1 Å². The summed E-state index contributed by atoms with van der Waals surface area (Å²) < 4.78 is 37.7. The fraction of sp³-hybridized carbons (Fsp3) is 0.417. The Bertz CT molecular complexity index is 616. The Labute approximate surface area is 123 Å². The Kier molecular flexibility index (Phi) is 4.46. The van der Waals surface area contributed by atoms with Crippen LogP contribution in [0.15, 0.2) is 23.1 Å². The van der Waals surface area contributed by atoms with E-state index >= 15 is 0 Å². The summed E-state index contributed by atoms with van der Waals surface area (Å²) in [4.78, 5) is 0.213. The third kappa shape index (κ3) is 3.20. The fourth-order valence-corrected chi connectivity index (χ4v) is 3.40. The van der Waals surface area contributed by atoms with E-state index in [0.717, 1.165) is 0 Å². The second kappa shape index (κ2) is 5.94. The molecule has 1 aromatic rings. The third-order valence-electron chi connectivity index (χ3n) is 2.87. The maximum Gasteiger partial charge on any atom is 0.241 e. The molecule has 0 aliphatic carbocycles. The number of ether oxygens (including phenoxy) is 2. The van der Waals surface area contributed by atoms with Crippen molar-refractivity contribution in [1.29, 1.82) is 0 Å². The lowest BCUT2D eigenvalue weighted by Gasteiger charge is -2.20. The van der Waals surface area contributed by atoms with Gasteiger partial charge in [0.15, 0.2) is 11.5 Å². The summed E-state index contributed by atoms with van der Waals surface area (Å²) in [5.74, 6) is 0.957. The first-order chi connectivity index (χ1) is 9.44. The average Bonchev–Trinajstić information content (AvgIpc) is 2.44. The van der Waals surface area contributed by atoms with E-state index in [1.807, 2.05) is 0 Å². The van der Waals surface area contributed by atoms with E-state index in [9.17, 15) is 8.42 Å². The van der Waals surface area contributed by atoms with Gasteiger partial charge in [-0.1, -0.05) is 19.1 Å². The van der Waals surface area contributed by atoms with Crippen LogP contribution in [0.1, 0.15) is 13.3 Å². The predicted molar refractivity (Wildman–Crippen MR) is 78.6 cm³/mol. The maximum absolute atomic E-state index is 12.3. The molecule has 0 amide bonds. The molecule has 6 nitrogen and oxygen atoms in total. The third-order valence-corrected chi connectivity index (χ3v) is 4.63. The number of fused-ring (bicyclic) bond motifs is 1. The molecule has 0 spiro atoms. The number of nitrogens with one attached hydrogen (secondary N) is 1. The van der Waals surface area contributed by atoms with E-state index in [-0.39, 0.29) is 9.88 Å². The summed E-state index contributed by atoms with van der Waals surface area (Å²) in [5.41, 5.74) is 5.50. The van der Waals surface area contributed by atoms with Crippen molar-refractivity contribution >= 4 is 27.2 Å². The Balaban J connectivity index is 2.27. The zero-order chi connectivity index (χ0) is 14.8. The van der Waals surface area contributed by atoms with E-state index in [4.69, 9.17) is 27.4 Å². The lowest BCUT2D eigenvalue weighted by Crippen LogP contribution is -2.42. The number of nitrogens with two attached hydrogens (primary N) is 1. The van der Waals surface area contributed by atoms with Crippen molar-refractivity contribution in [3.8, 4) is 11.5 Å². The first-order valence-electron chi connectivity index (χ1n) is 6.15. The second-order valence-electron chi connectivity index (χ2n) is 4.29. The van der Waals surface area contributed by atoms with Gasteiger partial charge in [0, 0.05) is 6.07 Å². The van der Waals surface area contributed by atoms with Gasteiger partial charge in [-0.2, -0.15) is 0 Å². The average molecular weight is 316 g/mol. The van der Waals surface area contributed by atoms with Crippen LogP contribution < -0.4 is 19.9 Å². The van der Waals surface area contributed by atoms with E-state index < -0.39 is 16.1 Å². The molecule has 1 heterocycles. The normalized spacial score (nSPS) is 15.7. The topological polar surface area (TPSA) is 90.7 Å². The molecule has 110 valence electrons. The number of hydrogen-bond donors (Lipinski definition) is 2. The molecule has 3 N–H and O–H groups in total. The van der Waals surface area contributed by atoms with Gasteiger partial charge in [-0.05, 0) is 18.6 Å². The highest BCUT2D eigenvalue weighted by Crippen LogP contribution is 2.32. The fourth-order valence-electron chi connectivity index (χ4n) is 1.79. The Morgan fingerprint density at radius 1 is 1.40 bits per heavy atom. The quantitative estimate of drug-likeness (QED) is 0.781. The number of benzene rings is 1. The van der Waals surface area contributed by atoms with Gasteiger partial charge in [0.25, 0.3) is 0 Å². The highest BCUT2D eigenvalue weighted by atomic mass is 32.2. The van der Waals surface area contributed by atoms with Crippen molar-refractivity contribution in [3.05, 3.63) is 18.2 Å². The molecule has 1 unspecified atom stereocenters. The highest BCUT2D eigenvalue weighted by molar-refractivity contribution is 7.89. The van der Waals surface area contributed by atoms with Crippen LogP contribution >= 0.6 is 12.2 Å². The SMILES string of the molecule is CCC(NS(=O)(=O)c1ccc2c(c1)OCCO2)C(N)=S. The summed E-state index contributed by atoms with van der Waals surface area (Å²) in [6.45, 7) is 2.65. The molecule has 2 rings (SSSR count). The molecule has 1 atom stereocenters. The van der Waals surface area contributed by atoms with Gasteiger partial charge in [-0.3, -0.25) is 0 Å². The Morgan fingerprint density at radius 3 is 2.65 bits per heavy atom. The standard InChI is InChI=1S/C12H16N2O4S2/c1-2-9(12(13)19)14-20(15,16)8-3-4-10-11(7-8)18-6-5-17-10/h3-4,7,9,14H,2,5-6H2,1H3,(H2,13,19). The van der Waals surface area contributed by atoms with Crippen LogP contribution in [0.25, 0.3) is 0 Å². The van der Waals surface area contributed by atoms with Crippen LogP contribution in [-0.4, -0.2) is 32.7 Å². The first-order valence-corrected chi connectivity index (χ1v) is 8.04. The van der Waals surface area contributed by atoms with Gasteiger partial charge >= 0.3 is 0 Å². The zero-order valence-electron chi connectivity index (χ0n) is 11.0. The first kappa shape index (κ1) is 15.0. The van der Waals surface area contributed by atoms with Gasteiger partial charge in [-0.15, -0.1) is 0 Å². The minimum Gasteiger partial charge on any atom is -0.486 e. The minimum atomic E-state index is -3.70. The summed E-state index contributed by atoms with van der Waals surface area (Å²) >= 11 is 4.84. The van der Waals surface area contributed by atoms with Gasteiger partial charge < -0.3 is 15.2 Å². The Hall–Kier alpha value is -1.38. The molecule has 1 aliphatic rings. The van der Waals surface area contributed by atoms with E-state index in [2.05, 4.69) is 4.72 Å². The molecule has 1 aliphatic heterocycles. The largest absolute Gasteiger partial charge is 0.486 e. The summed E-state index contributed by atoms with van der Waals surface area (Å²) in [7, 11) is -3.70. The van der Waals surface area contributed by atoms with Crippen molar-refractivity contribution in [2.24, 2.45) is 5.73 Å². The lowest BCUT2D eigenvalue weighted by atomic mass is 10.2. The Morgan fingerprint density at radius 2 is 2.05 bits per heavy atom. The number of sulfonamides is 1. The van der Waals surface area contributed by atoms with Crippen molar-refractivity contribution in [2.45, 2.75) is 24.3 Å². The van der Waals surface area contributed by atoms with Gasteiger partial charge in [0.05, 0.1) is 15.9 Å². The molecule has 20 heavy (non-hydrogen) atoms. The molecule has 0 fully saturated rings. The predicted octanol–water partition coefficient (Wildman–Crippen LogP) is 0.801. The monoisotopic (exact) mass is 316 g/mol. The molecule has 0 bridgehead atoms. The second-order valence-corrected chi connectivity index (χ2v) is 6.48. The van der Waals surface area contributed by atoms with E-state index in [1.165, 1.54) is 12.1 Å². The molecule has 8 heteroatoms. The van der Waals surface area contributed by atoms with Gasteiger partial charge in [0.2, 0.25) is 10.0 Å². The van der Waals surface area contributed by atoms with Crippen LogP contribution in [0.2, 0.25) is 0 Å². The molecular formula is C12H16N2O4S2. The summed E-state index contributed by atoms with van der Waals surface area (Å²) in [5, 5.41) is 0. The van der Waals surface area contributed by atoms with E-state index in [1.54, 1.807) is 13.0 Å². The van der Waals surface area contributed by atoms with Gasteiger partial charge in [0.1, 0.15) is 13.2 Å². The van der Waals surface area contributed by atoms with Crippen LogP contribution in [0.5, 0.6) is 11.5 Å². The number of hydrogen-bond acceptors (Lipinski definition) is 5. The van der Waals surface area contributed by atoms with Crippen LogP contribution in [0.3, 0.4) is 0 Å². The smallest absolute Gasteiger partial charge is 0.241 e. The molecule has 0 radical (unpaired) electrons. The van der Waals surface area contributed by atoms with Crippen LogP contribution in [0.4, 0.5) is 0 Å². The molecular weight excluding hydrogens is 300 g/mol. The summed E-state index contributed by atoms with van der Waals surface area (Å²) in [6, 6.07) is 3.90. The zero-order valence-corrected chi connectivity index (χ0v) is 12.6. The molecule has 1 aromatic carbocycles.